The molecular weight excluding hydrogens is 294 g/mol. The van der Waals surface area contributed by atoms with Crippen molar-refractivity contribution in [3.05, 3.63) is 35.9 Å². The van der Waals surface area contributed by atoms with E-state index in [1.54, 1.807) is 31.2 Å². The van der Waals surface area contributed by atoms with Gasteiger partial charge in [0.15, 0.2) is 0 Å². The van der Waals surface area contributed by atoms with Crippen molar-refractivity contribution in [2.24, 2.45) is 11.8 Å². The molecule has 5 atom stereocenters. The molecule has 0 saturated carbocycles. The van der Waals surface area contributed by atoms with E-state index < -0.39 is 11.9 Å². The smallest absolute Gasteiger partial charge is 0.338 e. The van der Waals surface area contributed by atoms with Gasteiger partial charge in [-0.3, -0.25) is 9.69 Å². The summed E-state index contributed by atoms with van der Waals surface area (Å²) in [6.45, 7) is 1.73. The number of carboxylic acid groups (broad SMARTS) is 1. The molecule has 0 aliphatic carbocycles. The van der Waals surface area contributed by atoms with Crippen LogP contribution in [0.4, 0.5) is 0 Å². The van der Waals surface area contributed by atoms with E-state index in [0.717, 1.165) is 12.8 Å². The maximum atomic E-state index is 12.4. The van der Waals surface area contributed by atoms with Crippen LogP contribution >= 0.6 is 0 Å². The average Bonchev–Trinajstić information content (AvgIpc) is 2.79. The molecule has 2 bridgehead atoms. The van der Waals surface area contributed by atoms with Gasteiger partial charge in [0.25, 0.3) is 0 Å². The first kappa shape index (κ1) is 16.0. The molecule has 2 fully saturated rings. The Balaban J connectivity index is 1.81. The van der Waals surface area contributed by atoms with Crippen LogP contribution in [0.1, 0.15) is 36.5 Å². The number of carboxylic acids is 1. The van der Waals surface area contributed by atoms with Crippen molar-refractivity contribution in [2.75, 3.05) is 7.05 Å². The van der Waals surface area contributed by atoms with Gasteiger partial charge < -0.3 is 9.84 Å². The third-order valence-electron chi connectivity index (χ3n) is 5.51. The Labute approximate surface area is 136 Å². The van der Waals surface area contributed by atoms with Crippen molar-refractivity contribution in [1.29, 1.82) is 0 Å². The molecule has 0 radical (unpaired) electrons. The van der Waals surface area contributed by atoms with E-state index in [0.29, 0.717) is 18.0 Å². The largest absolute Gasteiger partial charge is 0.481 e. The molecule has 0 aromatic heterocycles. The Morgan fingerprint density at radius 1 is 1.26 bits per heavy atom. The molecule has 5 heteroatoms. The highest BCUT2D eigenvalue weighted by Gasteiger charge is 2.50. The average molecular weight is 317 g/mol. The quantitative estimate of drug-likeness (QED) is 0.864. The summed E-state index contributed by atoms with van der Waals surface area (Å²) in [5, 5.41) is 9.46. The molecule has 23 heavy (non-hydrogen) atoms. The van der Waals surface area contributed by atoms with Crippen LogP contribution in [0.3, 0.4) is 0 Å². The Morgan fingerprint density at radius 2 is 1.96 bits per heavy atom. The lowest BCUT2D eigenvalue weighted by atomic mass is 9.79. The summed E-state index contributed by atoms with van der Waals surface area (Å²) in [7, 11) is 2.05. The van der Waals surface area contributed by atoms with Crippen LogP contribution in [0.25, 0.3) is 0 Å². The number of ether oxygens (including phenoxy) is 1. The predicted molar refractivity (Wildman–Crippen MR) is 85.1 cm³/mol. The fourth-order valence-electron chi connectivity index (χ4n) is 4.19. The zero-order valence-corrected chi connectivity index (χ0v) is 13.5. The summed E-state index contributed by atoms with van der Waals surface area (Å²) >= 11 is 0. The van der Waals surface area contributed by atoms with Gasteiger partial charge in [0.1, 0.15) is 6.10 Å². The second-order valence-electron chi connectivity index (χ2n) is 6.71. The summed E-state index contributed by atoms with van der Waals surface area (Å²) in [6.07, 6.45) is 2.41. The molecule has 2 saturated heterocycles. The van der Waals surface area contributed by atoms with Crippen LogP contribution in [0, 0.1) is 11.8 Å². The third kappa shape index (κ3) is 2.98. The zero-order valence-electron chi connectivity index (χ0n) is 13.5. The van der Waals surface area contributed by atoms with Crippen LogP contribution in [-0.4, -0.2) is 47.2 Å². The van der Waals surface area contributed by atoms with Gasteiger partial charge in [0.05, 0.1) is 11.5 Å². The number of benzene rings is 1. The fraction of sp³-hybridized carbons (Fsp3) is 0.556. The van der Waals surface area contributed by atoms with Gasteiger partial charge in [-0.25, -0.2) is 4.79 Å². The van der Waals surface area contributed by atoms with Crippen LogP contribution in [-0.2, 0) is 9.53 Å². The number of carbonyl (C=O) groups is 2. The van der Waals surface area contributed by atoms with Crippen molar-refractivity contribution >= 4 is 11.9 Å². The fourth-order valence-corrected chi connectivity index (χ4v) is 4.19. The standard InChI is InChI=1S/C18H23NO4/c1-11(17(20)21)16-14-9-8-13(19(14)2)10-15(16)23-18(22)12-6-4-3-5-7-12/h3-7,11,13-16H,8-10H2,1-2H3,(H,20,21)/t11?,13-,14+,15?,16?/m0/s1. The highest BCUT2D eigenvalue weighted by molar-refractivity contribution is 5.89. The number of piperidine rings is 1. The predicted octanol–water partition coefficient (Wildman–Crippen LogP) is 2.42. The number of carbonyl (C=O) groups excluding carboxylic acids is 1. The highest BCUT2D eigenvalue weighted by atomic mass is 16.5. The summed E-state index contributed by atoms with van der Waals surface area (Å²) < 4.78 is 5.76. The van der Waals surface area contributed by atoms with Gasteiger partial charge in [-0.15, -0.1) is 0 Å². The number of esters is 1. The number of aliphatic carboxylic acids is 1. The zero-order chi connectivity index (χ0) is 16.6. The van der Waals surface area contributed by atoms with E-state index in [1.807, 2.05) is 6.07 Å². The first-order valence-corrected chi connectivity index (χ1v) is 8.19. The van der Waals surface area contributed by atoms with Gasteiger partial charge in [-0.1, -0.05) is 25.1 Å². The van der Waals surface area contributed by atoms with Crippen molar-refractivity contribution in [3.63, 3.8) is 0 Å². The highest BCUT2D eigenvalue weighted by Crippen LogP contribution is 2.43. The van der Waals surface area contributed by atoms with Gasteiger partial charge in [-0.05, 0) is 32.0 Å². The number of fused-ring (bicyclic) bond motifs is 2. The van der Waals surface area contributed by atoms with E-state index >= 15 is 0 Å². The van der Waals surface area contributed by atoms with E-state index in [9.17, 15) is 14.7 Å². The molecule has 0 amide bonds. The Kier molecular flexibility index (Phi) is 4.39. The van der Waals surface area contributed by atoms with Gasteiger partial charge in [0, 0.05) is 24.4 Å². The third-order valence-corrected chi connectivity index (χ3v) is 5.51. The minimum absolute atomic E-state index is 0.163. The normalized spacial score (nSPS) is 31.6. The van der Waals surface area contributed by atoms with Gasteiger partial charge in [0.2, 0.25) is 0 Å². The second-order valence-corrected chi connectivity index (χ2v) is 6.71. The Morgan fingerprint density at radius 3 is 2.61 bits per heavy atom. The molecule has 124 valence electrons. The van der Waals surface area contributed by atoms with Crippen LogP contribution in [0.2, 0.25) is 0 Å². The van der Waals surface area contributed by atoms with E-state index in [-0.39, 0.29) is 24.0 Å². The van der Waals surface area contributed by atoms with E-state index in [1.165, 1.54) is 0 Å². The Bertz CT molecular complexity index is 588. The first-order valence-electron chi connectivity index (χ1n) is 8.19. The molecule has 2 aliphatic heterocycles. The molecule has 1 aromatic carbocycles. The summed E-state index contributed by atoms with van der Waals surface area (Å²) in [6, 6.07) is 9.45. The van der Waals surface area contributed by atoms with Crippen LogP contribution in [0.5, 0.6) is 0 Å². The molecular formula is C18H23NO4. The number of nitrogens with zero attached hydrogens (tertiary/aromatic N) is 1. The monoisotopic (exact) mass is 317 g/mol. The number of rotatable bonds is 4. The van der Waals surface area contributed by atoms with Crippen molar-refractivity contribution < 1.29 is 19.4 Å². The molecule has 3 rings (SSSR count). The maximum Gasteiger partial charge on any atom is 0.338 e. The minimum atomic E-state index is -0.825. The minimum Gasteiger partial charge on any atom is -0.481 e. The summed E-state index contributed by atoms with van der Waals surface area (Å²) in [4.78, 5) is 26.2. The van der Waals surface area contributed by atoms with Crippen molar-refractivity contribution in [3.8, 4) is 0 Å². The topological polar surface area (TPSA) is 66.8 Å². The van der Waals surface area contributed by atoms with Gasteiger partial charge >= 0.3 is 11.9 Å². The lowest BCUT2D eigenvalue weighted by molar-refractivity contribution is -0.148. The van der Waals surface area contributed by atoms with Crippen molar-refractivity contribution in [1.82, 2.24) is 4.90 Å². The van der Waals surface area contributed by atoms with E-state index in [4.69, 9.17) is 4.74 Å². The summed E-state index contributed by atoms with van der Waals surface area (Å²) in [5.74, 6) is -1.88. The lowest BCUT2D eigenvalue weighted by Crippen LogP contribution is -2.53. The Hall–Kier alpha value is -1.88. The van der Waals surface area contributed by atoms with Crippen molar-refractivity contribution in [2.45, 2.75) is 44.4 Å². The molecule has 1 aromatic rings. The van der Waals surface area contributed by atoms with Crippen LogP contribution < -0.4 is 0 Å². The molecule has 2 heterocycles. The van der Waals surface area contributed by atoms with Gasteiger partial charge in [-0.2, -0.15) is 0 Å². The second kappa shape index (κ2) is 6.32. The number of hydrogen-bond donors (Lipinski definition) is 1. The molecule has 1 N–H and O–H groups in total. The molecule has 5 nitrogen and oxygen atoms in total. The lowest BCUT2D eigenvalue weighted by Gasteiger charge is -2.43. The number of hydrogen-bond acceptors (Lipinski definition) is 4. The first-order chi connectivity index (χ1) is 11.0. The SMILES string of the molecule is CC(C(=O)O)C1C(OC(=O)c2ccccc2)C[C@@H]2CC[C@H]1N2C. The summed E-state index contributed by atoms with van der Waals surface area (Å²) in [5.41, 5.74) is 0.514. The molecule has 2 aliphatic rings. The molecule has 0 spiro atoms. The maximum absolute atomic E-state index is 12.4. The molecule has 3 unspecified atom stereocenters. The van der Waals surface area contributed by atoms with E-state index in [2.05, 4.69) is 11.9 Å². The van der Waals surface area contributed by atoms with Crippen LogP contribution in [0.15, 0.2) is 30.3 Å².